The summed E-state index contributed by atoms with van der Waals surface area (Å²) in [6.07, 6.45) is 7.11. The number of amides is 2. The van der Waals surface area contributed by atoms with Gasteiger partial charge in [-0.05, 0) is 48.9 Å². The average Bonchev–Trinajstić information content (AvgIpc) is 2.80. The molecule has 3 atom stereocenters. The van der Waals surface area contributed by atoms with Gasteiger partial charge >= 0.3 is 6.03 Å². The second-order valence-corrected chi connectivity index (χ2v) is 8.72. The van der Waals surface area contributed by atoms with Crippen molar-refractivity contribution in [2.24, 2.45) is 11.7 Å². The largest absolute Gasteiger partial charge is 0.331 e. The molecular weight excluding hydrogens is 382 g/mol. The third-order valence-corrected chi connectivity index (χ3v) is 6.22. The summed E-state index contributed by atoms with van der Waals surface area (Å²) < 4.78 is 0. The third kappa shape index (κ3) is 8.02. The standard InChI is InChI=1S/C27H41N3O/c1-5-7-8-10-13-23-16-18-25(19-17-23)30(20-26(28)21(3)6-2)27(31)29-22(4)24-14-11-9-12-15-24/h9,11-12,14-19,21-22,26H,5-8,10,13,20,28H2,1-4H3,(H,29,31)/t21-,22-,26?/m0/s1. The van der Waals surface area contributed by atoms with Crippen LogP contribution in [-0.2, 0) is 6.42 Å². The number of nitrogens with zero attached hydrogens (tertiary/aromatic N) is 1. The van der Waals surface area contributed by atoms with Gasteiger partial charge in [-0.3, -0.25) is 4.90 Å². The quantitative estimate of drug-likeness (QED) is 0.385. The van der Waals surface area contributed by atoms with E-state index in [-0.39, 0.29) is 18.1 Å². The Kier molecular flexibility index (Phi) is 10.6. The maximum absolute atomic E-state index is 13.3. The highest BCUT2D eigenvalue weighted by molar-refractivity contribution is 5.92. The molecule has 1 unspecified atom stereocenters. The Labute approximate surface area is 189 Å². The highest BCUT2D eigenvalue weighted by Gasteiger charge is 2.23. The minimum atomic E-state index is -0.106. The normalized spacial score (nSPS) is 14.0. The maximum atomic E-state index is 13.3. The minimum Gasteiger partial charge on any atom is -0.331 e. The summed E-state index contributed by atoms with van der Waals surface area (Å²) in [6.45, 7) is 9.03. The zero-order valence-corrected chi connectivity index (χ0v) is 19.8. The van der Waals surface area contributed by atoms with Gasteiger partial charge in [-0.1, -0.05) is 88.9 Å². The monoisotopic (exact) mass is 423 g/mol. The Hall–Kier alpha value is -2.33. The lowest BCUT2D eigenvalue weighted by atomic mass is 9.99. The fourth-order valence-corrected chi connectivity index (χ4v) is 3.69. The van der Waals surface area contributed by atoms with Crippen LogP contribution in [0.5, 0.6) is 0 Å². The average molecular weight is 424 g/mol. The Bertz CT molecular complexity index is 760. The van der Waals surface area contributed by atoms with Gasteiger partial charge in [0.2, 0.25) is 0 Å². The van der Waals surface area contributed by atoms with Gasteiger partial charge in [0, 0.05) is 18.3 Å². The number of nitrogens with two attached hydrogens (primary N) is 1. The number of hydrogen-bond acceptors (Lipinski definition) is 2. The van der Waals surface area contributed by atoms with Crippen LogP contribution in [0.2, 0.25) is 0 Å². The second-order valence-electron chi connectivity index (χ2n) is 8.72. The molecular formula is C27H41N3O. The van der Waals surface area contributed by atoms with Crippen molar-refractivity contribution in [1.82, 2.24) is 5.32 Å². The Morgan fingerprint density at radius 2 is 1.65 bits per heavy atom. The highest BCUT2D eigenvalue weighted by atomic mass is 16.2. The fourth-order valence-electron chi connectivity index (χ4n) is 3.69. The van der Waals surface area contributed by atoms with E-state index in [1.54, 1.807) is 4.90 Å². The molecule has 0 radical (unpaired) electrons. The molecule has 2 aromatic rings. The summed E-state index contributed by atoms with van der Waals surface area (Å²) in [4.78, 5) is 15.1. The van der Waals surface area contributed by atoms with Gasteiger partial charge in [0.1, 0.15) is 0 Å². The van der Waals surface area contributed by atoms with Crippen LogP contribution in [0.1, 0.15) is 77.0 Å². The summed E-state index contributed by atoms with van der Waals surface area (Å²) in [6, 6.07) is 18.2. The van der Waals surface area contributed by atoms with Crippen molar-refractivity contribution in [1.29, 1.82) is 0 Å². The molecule has 0 aliphatic carbocycles. The first-order valence-electron chi connectivity index (χ1n) is 11.9. The van der Waals surface area contributed by atoms with Gasteiger partial charge in [0.15, 0.2) is 0 Å². The number of aryl methyl sites for hydroxylation is 1. The number of nitrogens with one attached hydrogen (secondary N) is 1. The van der Waals surface area contributed by atoms with Crippen molar-refractivity contribution < 1.29 is 4.79 Å². The fraction of sp³-hybridized carbons (Fsp3) is 0.519. The van der Waals surface area contributed by atoms with E-state index >= 15 is 0 Å². The van der Waals surface area contributed by atoms with E-state index in [1.165, 1.54) is 31.2 Å². The van der Waals surface area contributed by atoms with Crippen LogP contribution >= 0.6 is 0 Å². The summed E-state index contributed by atoms with van der Waals surface area (Å²) in [5, 5.41) is 3.15. The number of rotatable bonds is 12. The zero-order chi connectivity index (χ0) is 22.6. The number of unbranched alkanes of at least 4 members (excludes halogenated alkanes) is 3. The molecule has 2 amide bonds. The van der Waals surface area contributed by atoms with Crippen molar-refractivity contribution in [2.45, 2.75) is 78.3 Å². The van der Waals surface area contributed by atoms with Crippen molar-refractivity contribution in [3.8, 4) is 0 Å². The van der Waals surface area contributed by atoms with Crippen LogP contribution in [0.3, 0.4) is 0 Å². The molecule has 0 spiro atoms. The van der Waals surface area contributed by atoms with E-state index < -0.39 is 0 Å². The van der Waals surface area contributed by atoms with Crippen molar-refractivity contribution in [2.75, 3.05) is 11.4 Å². The van der Waals surface area contributed by atoms with Crippen molar-refractivity contribution in [3.05, 3.63) is 65.7 Å². The molecule has 0 fully saturated rings. The first-order valence-corrected chi connectivity index (χ1v) is 11.9. The second kappa shape index (κ2) is 13.2. The van der Waals surface area contributed by atoms with Gasteiger partial charge in [-0.2, -0.15) is 0 Å². The molecule has 0 saturated heterocycles. The van der Waals surface area contributed by atoms with E-state index in [0.29, 0.717) is 12.5 Å². The predicted octanol–water partition coefficient (Wildman–Crippen LogP) is 6.46. The first kappa shape index (κ1) is 24.9. The summed E-state index contributed by atoms with van der Waals surface area (Å²) >= 11 is 0. The lowest BCUT2D eigenvalue weighted by Crippen LogP contribution is -2.48. The zero-order valence-electron chi connectivity index (χ0n) is 19.8. The Morgan fingerprint density at radius 1 is 0.968 bits per heavy atom. The molecule has 0 bridgehead atoms. The topological polar surface area (TPSA) is 58.4 Å². The number of urea groups is 1. The Morgan fingerprint density at radius 3 is 2.26 bits per heavy atom. The minimum absolute atomic E-state index is 0.0727. The third-order valence-electron chi connectivity index (χ3n) is 6.22. The van der Waals surface area contributed by atoms with Gasteiger partial charge in [0.25, 0.3) is 0 Å². The molecule has 2 aromatic carbocycles. The maximum Gasteiger partial charge on any atom is 0.322 e. The van der Waals surface area contributed by atoms with Gasteiger partial charge in [-0.15, -0.1) is 0 Å². The highest BCUT2D eigenvalue weighted by Crippen LogP contribution is 2.20. The molecule has 0 aliphatic rings. The number of carbonyl (C=O) groups excluding carboxylic acids is 1. The number of benzene rings is 2. The van der Waals surface area contributed by atoms with Gasteiger partial charge in [-0.25, -0.2) is 4.79 Å². The van der Waals surface area contributed by atoms with Crippen molar-refractivity contribution in [3.63, 3.8) is 0 Å². The van der Waals surface area contributed by atoms with Crippen LogP contribution in [0, 0.1) is 5.92 Å². The molecule has 3 N–H and O–H groups in total. The first-order chi connectivity index (χ1) is 15.0. The molecule has 170 valence electrons. The molecule has 31 heavy (non-hydrogen) atoms. The SMILES string of the molecule is CCCCCCc1ccc(N(CC(N)[C@@H](C)CC)C(=O)N[C@@H](C)c2ccccc2)cc1. The van der Waals surface area contributed by atoms with E-state index in [2.05, 4.69) is 50.4 Å². The Balaban J connectivity index is 2.12. The molecule has 4 nitrogen and oxygen atoms in total. The lowest BCUT2D eigenvalue weighted by molar-refractivity contribution is 0.242. The van der Waals surface area contributed by atoms with Crippen LogP contribution in [0.25, 0.3) is 0 Å². The van der Waals surface area contributed by atoms with Crippen molar-refractivity contribution >= 4 is 11.7 Å². The van der Waals surface area contributed by atoms with E-state index in [9.17, 15) is 4.79 Å². The van der Waals surface area contributed by atoms with Gasteiger partial charge < -0.3 is 11.1 Å². The van der Waals surface area contributed by atoms with E-state index in [0.717, 1.165) is 24.1 Å². The van der Waals surface area contributed by atoms with Crippen LogP contribution in [0.15, 0.2) is 54.6 Å². The molecule has 2 rings (SSSR count). The van der Waals surface area contributed by atoms with Crippen LogP contribution in [0.4, 0.5) is 10.5 Å². The molecule has 0 heterocycles. The number of anilines is 1. The van der Waals surface area contributed by atoms with E-state index in [4.69, 9.17) is 5.73 Å². The predicted molar refractivity (Wildman–Crippen MR) is 132 cm³/mol. The summed E-state index contributed by atoms with van der Waals surface area (Å²) in [5.41, 5.74) is 9.76. The summed E-state index contributed by atoms with van der Waals surface area (Å²) in [7, 11) is 0. The van der Waals surface area contributed by atoms with Crippen LogP contribution in [-0.4, -0.2) is 18.6 Å². The lowest BCUT2D eigenvalue weighted by Gasteiger charge is -2.30. The summed E-state index contributed by atoms with van der Waals surface area (Å²) in [5.74, 6) is 0.347. The molecule has 0 aromatic heterocycles. The molecule has 4 heteroatoms. The van der Waals surface area contributed by atoms with Crippen LogP contribution < -0.4 is 16.0 Å². The van der Waals surface area contributed by atoms with E-state index in [1.807, 2.05) is 37.3 Å². The molecule has 0 aliphatic heterocycles. The number of carbonyl (C=O) groups is 1. The molecule has 0 saturated carbocycles. The smallest absolute Gasteiger partial charge is 0.322 e. The number of hydrogen-bond donors (Lipinski definition) is 2. The van der Waals surface area contributed by atoms with Gasteiger partial charge in [0.05, 0.1) is 6.04 Å².